The molecule has 0 unspecified atom stereocenters. The summed E-state index contributed by atoms with van der Waals surface area (Å²) < 4.78 is 0. The second-order valence-electron chi connectivity index (χ2n) is 7.11. The lowest BCUT2D eigenvalue weighted by Crippen LogP contribution is -2.49. The van der Waals surface area contributed by atoms with E-state index in [9.17, 15) is 25.1 Å². The van der Waals surface area contributed by atoms with Crippen molar-refractivity contribution in [2.45, 2.75) is 6.42 Å². The Morgan fingerprint density at radius 1 is 1.20 bits per heavy atom. The van der Waals surface area contributed by atoms with Crippen LogP contribution in [0.3, 0.4) is 0 Å². The molecule has 1 saturated heterocycles. The molecule has 2 heterocycles. The number of aromatic hydroxyl groups is 1. The molecular formula is C21H23N5O4. The Hall–Kier alpha value is -3.64. The highest BCUT2D eigenvalue weighted by atomic mass is 16.4. The topological polar surface area (TPSA) is 130 Å². The van der Waals surface area contributed by atoms with Gasteiger partial charge in [0, 0.05) is 57.1 Å². The summed E-state index contributed by atoms with van der Waals surface area (Å²) in [7, 11) is 0. The Labute approximate surface area is 174 Å². The highest BCUT2D eigenvalue weighted by molar-refractivity contribution is 5.93. The van der Waals surface area contributed by atoms with Crippen molar-refractivity contribution in [3.8, 4) is 11.8 Å². The number of phenols is 1. The maximum absolute atomic E-state index is 12.3. The van der Waals surface area contributed by atoms with E-state index in [0.717, 1.165) is 0 Å². The summed E-state index contributed by atoms with van der Waals surface area (Å²) in [5.74, 6) is -1.63. The lowest BCUT2D eigenvalue weighted by Gasteiger charge is -2.36. The molecule has 1 fully saturated rings. The third kappa shape index (κ3) is 5.46. The van der Waals surface area contributed by atoms with Gasteiger partial charge < -0.3 is 20.4 Å². The summed E-state index contributed by atoms with van der Waals surface area (Å²) in [6, 6.07) is 11.7. The van der Waals surface area contributed by atoms with Crippen LogP contribution in [0.25, 0.3) is 0 Å². The maximum Gasteiger partial charge on any atom is 0.308 e. The second kappa shape index (κ2) is 9.71. The highest BCUT2D eigenvalue weighted by Crippen LogP contribution is 2.20. The van der Waals surface area contributed by atoms with Gasteiger partial charge in [-0.1, -0.05) is 6.07 Å². The minimum absolute atomic E-state index is 0.0212. The predicted molar refractivity (Wildman–Crippen MR) is 110 cm³/mol. The van der Waals surface area contributed by atoms with Gasteiger partial charge >= 0.3 is 5.97 Å². The predicted octanol–water partition coefficient (Wildman–Crippen LogP) is 1.51. The van der Waals surface area contributed by atoms with Gasteiger partial charge in [0.25, 0.3) is 0 Å². The van der Waals surface area contributed by atoms with E-state index in [2.05, 4.69) is 16.4 Å². The molecule has 30 heavy (non-hydrogen) atoms. The van der Waals surface area contributed by atoms with Crippen LogP contribution in [-0.4, -0.2) is 64.7 Å². The Bertz CT molecular complexity index is 950. The van der Waals surface area contributed by atoms with Gasteiger partial charge in [-0.3, -0.25) is 14.5 Å². The normalized spacial score (nSPS) is 15.2. The zero-order chi connectivity index (χ0) is 21.5. The first kappa shape index (κ1) is 21.1. The van der Waals surface area contributed by atoms with Crippen LogP contribution in [0.5, 0.6) is 5.75 Å². The summed E-state index contributed by atoms with van der Waals surface area (Å²) >= 11 is 0. The minimum Gasteiger partial charge on any atom is -0.508 e. The number of pyridine rings is 1. The molecular weight excluding hydrogens is 386 g/mol. The number of piperazine rings is 1. The van der Waals surface area contributed by atoms with Crippen LogP contribution in [0.1, 0.15) is 12.0 Å². The summed E-state index contributed by atoms with van der Waals surface area (Å²) in [4.78, 5) is 32.3. The number of aromatic nitrogens is 1. The average Bonchev–Trinajstić information content (AvgIpc) is 2.73. The van der Waals surface area contributed by atoms with Gasteiger partial charge in [-0.25, -0.2) is 4.98 Å². The fraction of sp³-hybridized carbons (Fsp3) is 0.333. The Morgan fingerprint density at radius 2 is 1.97 bits per heavy atom. The van der Waals surface area contributed by atoms with Crippen LogP contribution >= 0.6 is 0 Å². The van der Waals surface area contributed by atoms with Gasteiger partial charge in [0.1, 0.15) is 17.6 Å². The minimum atomic E-state index is -1.03. The van der Waals surface area contributed by atoms with Crippen LogP contribution in [-0.2, 0) is 9.59 Å². The van der Waals surface area contributed by atoms with E-state index in [0.29, 0.717) is 43.2 Å². The van der Waals surface area contributed by atoms with Crippen LogP contribution < -0.4 is 10.2 Å². The maximum atomic E-state index is 12.3. The summed E-state index contributed by atoms with van der Waals surface area (Å²) in [5.41, 5.74) is 0.930. The molecule has 0 bridgehead atoms. The molecule has 1 aliphatic heterocycles. The number of carboxylic acid groups (broad SMARTS) is 1. The number of nitrogens with zero attached hydrogens (tertiary/aromatic N) is 4. The summed E-state index contributed by atoms with van der Waals surface area (Å²) in [6.45, 7) is 2.71. The van der Waals surface area contributed by atoms with Gasteiger partial charge in [0.15, 0.2) is 0 Å². The van der Waals surface area contributed by atoms with E-state index in [-0.39, 0.29) is 18.7 Å². The van der Waals surface area contributed by atoms with E-state index in [1.54, 1.807) is 30.5 Å². The van der Waals surface area contributed by atoms with Crippen molar-refractivity contribution < 1.29 is 19.8 Å². The van der Waals surface area contributed by atoms with Crippen molar-refractivity contribution in [1.29, 1.82) is 5.26 Å². The molecule has 0 aliphatic carbocycles. The zero-order valence-electron chi connectivity index (χ0n) is 16.4. The third-order valence-corrected chi connectivity index (χ3v) is 4.97. The van der Waals surface area contributed by atoms with E-state index in [4.69, 9.17) is 0 Å². The van der Waals surface area contributed by atoms with Crippen LogP contribution in [0.4, 0.5) is 11.5 Å². The lowest BCUT2D eigenvalue weighted by molar-refractivity contribution is -0.144. The molecule has 1 aliphatic rings. The molecule has 2 aromatic rings. The van der Waals surface area contributed by atoms with Crippen LogP contribution in [0.2, 0.25) is 0 Å². The van der Waals surface area contributed by atoms with Gasteiger partial charge in [-0.05, 0) is 24.3 Å². The Morgan fingerprint density at radius 3 is 2.63 bits per heavy atom. The average molecular weight is 409 g/mol. The number of carbonyl (C=O) groups excluding carboxylic acids is 1. The number of carboxylic acids is 1. The number of benzene rings is 1. The number of phenolic OH excluding ortho intramolecular Hbond substituents is 1. The van der Waals surface area contributed by atoms with E-state index < -0.39 is 17.8 Å². The number of nitrogens with one attached hydrogen (secondary N) is 1. The molecule has 1 amide bonds. The number of hydrogen-bond donors (Lipinski definition) is 3. The first-order valence-corrected chi connectivity index (χ1v) is 9.60. The fourth-order valence-electron chi connectivity index (χ4n) is 3.44. The molecule has 0 radical (unpaired) electrons. The third-order valence-electron chi connectivity index (χ3n) is 4.97. The molecule has 0 spiro atoms. The fourth-order valence-corrected chi connectivity index (χ4v) is 3.44. The largest absolute Gasteiger partial charge is 0.508 e. The number of hydrogen-bond acceptors (Lipinski definition) is 7. The van der Waals surface area contributed by atoms with Gasteiger partial charge in [0.05, 0.1) is 11.5 Å². The summed E-state index contributed by atoms with van der Waals surface area (Å²) in [5, 5.41) is 30.9. The van der Waals surface area contributed by atoms with Gasteiger partial charge in [-0.2, -0.15) is 5.26 Å². The van der Waals surface area contributed by atoms with Crippen molar-refractivity contribution >= 4 is 23.4 Å². The molecule has 9 heteroatoms. The van der Waals surface area contributed by atoms with Crippen molar-refractivity contribution in [3.05, 3.63) is 48.2 Å². The number of anilines is 2. The molecule has 156 valence electrons. The SMILES string of the molecule is N#Cc1cccnc1N1CCN(C[C@@H](CC(=O)Nc2cccc(O)c2)C(=O)O)CC1. The van der Waals surface area contributed by atoms with Crippen molar-refractivity contribution in [2.24, 2.45) is 5.92 Å². The molecule has 1 aromatic carbocycles. The van der Waals surface area contributed by atoms with Gasteiger partial charge in [0.2, 0.25) is 5.91 Å². The highest BCUT2D eigenvalue weighted by Gasteiger charge is 2.27. The second-order valence-corrected chi connectivity index (χ2v) is 7.11. The van der Waals surface area contributed by atoms with Gasteiger partial charge in [-0.15, -0.1) is 0 Å². The quantitative estimate of drug-likeness (QED) is 0.627. The monoisotopic (exact) mass is 409 g/mol. The molecule has 1 aromatic heterocycles. The van der Waals surface area contributed by atoms with E-state index >= 15 is 0 Å². The van der Waals surface area contributed by atoms with Crippen LogP contribution in [0, 0.1) is 17.2 Å². The standard InChI is InChI=1S/C21H23N5O4/c22-13-15-3-2-6-23-20(15)26-9-7-25(8-10-26)14-16(21(29)30)11-19(28)24-17-4-1-5-18(27)12-17/h1-6,12,16,27H,7-11,14H2,(H,24,28)(H,29,30)/t16-/m1/s1. The Balaban J connectivity index is 1.54. The molecule has 3 N–H and O–H groups in total. The zero-order valence-corrected chi connectivity index (χ0v) is 16.4. The number of rotatable bonds is 7. The van der Waals surface area contributed by atoms with Crippen molar-refractivity contribution in [2.75, 3.05) is 42.9 Å². The molecule has 0 saturated carbocycles. The number of nitriles is 1. The molecule has 3 rings (SSSR count). The molecule has 1 atom stereocenters. The smallest absolute Gasteiger partial charge is 0.308 e. The summed E-state index contributed by atoms with van der Waals surface area (Å²) in [6.07, 6.45) is 1.48. The molecule has 9 nitrogen and oxygen atoms in total. The van der Waals surface area contributed by atoms with Crippen molar-refractivity contribution in [1.82, 2.24) is 9.88 Å². The lowest BCUT2D eigenvalue weighted by atomic mass is 10.0. The van der Waals surface area contributed by atoms with E-state index in [1.807, 2.05) is 9.80 Å². The van der Waals surface area contributed by atoms with Crippen LogP contribution in [0.15, 0.2) is 42.6 Å². The Kier molecular flexibility index (Phi) is 6.83. The number of aliphatic carboxylic acids is 1. The van der Waals surface area contributed by atoms with Crippen molar-refractivity contribution in [3.63, 3.8) is 0 Å². The first-order valence-electron chi connectivity index (χ1n) is 9.60. The number of carbonyl (C=O) groups is 2. The number of amides is 1. The first-order chi connectivity index (χ1) is 14.5. The van der Waals surface area contributed by atoms with E-state index in [1.165, 1.54) is 12.1 Å².